The summed E-state index contributed by atoms with van der Waals surface area (Å²) in [5.74, 6) is 0. The molecule has 1 atom stereocenters. The number of hydrogen-bond acceptors (Lipinski definition) is 4. The number of nitro groups is 1. The normalized spacial score (nSPS) is 13.6. The Labute approximate surface area is 132 Å². The standard InChI is InChI=1S/C14H14NO3PS2/c1-2-11-10-12(15(16)17)8-9-14(11)21-19(18,20)13-6-4-3-5-7-13/h3-10H,2H2,1H3,(H,18,20). The zero-order valence-corrected chi connectivity index (χ0v) is 13.8. The lowest BCUT2D eigenvalue weighted by atomic mass is 10.1. The van der Waals surface area contributed by atoms with Crippen molar-refractivity contribution in [1.82, 2.24) is 0 Å². The lowest BCUT2D eigenvalue weighted by molar-refractivity contribution is -0.385. The minimum absolute atomic E-state index is 0.0575. The van der Waals surface area contributed by atoms with Crippen LogP contribution < -0.4 is 5.30 Å². The Balaban J connectivity index is 2.35. The summed E-state index contributed by atoms with van der Waals surface area (Å²) in [6, 6.07) is 13.8. The number of non-ortho nitro benzene ring substituents is 1. The molecule has 0 saturated heterocycles. The van der Waals surface area contributed by atoms with E-state index in [2.05, 4.69) is 0 Å². The highest BCUT2D eigenvalue weighted by Gasteiger charge is 2.20. The first-order valence-corrected chi connectivity index (χ1v) is 10.5. The number of rotatable bonds is 5. The Morgan fingerprint density at radius 3 is 2.52 bits per heavy atom. The summed E-state index contributed by atoms with van der Waals surface area (Å²) in [5.41, 5.74) is -1.88. The molecular weight excluding hydrogens is 325 g/mol. The maximum Gasteiger partial charge on any atom is 0.269 e. The maximum atomic E-state index is 10.8. The van der Waals surface area contributed by atoms with Crippen molar-refractivity contribution in [2.75, 3.05) is 0 Å². The van der Waals surface area contributed by atoms with Gasteiger partial charge in [-0.3, -0.25) is 10.1 Å². The molecule has 1 N–H and O–H groups in total. The molecule has 0 spiro atoms. The zero-order chi connectivity index (χ0) is 15.5. The van der Waals surface area contributed by atoms with E-state index in [1.54, 1.807) is 12.1 Å². The molecule has 0 radical (unpaired) electrons. The van der Waals surface area contributed by atoms with Crippen LogP contribution in [0.4, 0.5) is 5.69 Å². The molecule has 7 heteroatoms. The lowest BCUT2D eigenvalue weighted by Crippen LogP contribution is -2.00. The minimum Gasteiger partial charge on any atom is -0.354 e. The molecule has 2 aromatic carbocycles. The van der Waals surface area contributed by atoms with Gasteiger partial charge in [0.15, 0.2) is 5.47 Å². The van der Waals surface area contributed by atoms with Crippen LogP contribution in [0.15, 0.2) is 53.4 Å². The molecule has 1 unspecified atom stereocenters. The summed E-state index contributed by atoms with van der Waals surface area (Å²) in [6.45, 7) is 1.92. The van der Waals surface area contributed by atoms with Crippen LogP contribution in [0.1, 0.15) is 12.5 Å². The Hall–Kier alpha value is -1.20. The van der Waals surface area contributed by atoms with Gasteiger partial charge in [-0.2, -0.15) is 0 Å². The molecule has 2 rings (SSSR count). The van der Waals surface area contributed by atoms with Crippen LogP contribution >= 0.6 is 16.8 Å². The number of benzene rings is 2. The first-order chi connectivity index (χ1) is 9.94. The summed E-state index contributed by atoms with van der Waals surface area (Å²) in [4.78, 5) is 21.8. The van der Waals surface area contributed by atoms with Crippen LogP contribution in [0.2, 0.25) is 0 Å². The van der Waals surface area contributed by atoms with Crippen LogP contribution in [-0.4, -0.2) is 9.82 Å². The van der Waals surface area contributed by atoms with Gasteiger partial charge < -0.3 is 4.89 Å². The molecule has 0 saturated carbocycles. The molecule has 0 aliphatic rings. The molecule has 110 valence electrons. The number of aryl methyl sites for hydroxylation is 1. The first kappa shape index (κ1) is 16.2. The Morgan fingerprint density at radius 1 is 1.29 bits per heavy atom. The van der Waals surface area contributed by atoms with Crippen molar-refractivity contribution < 1.29 is 9.82 Å². The highest BCUT2D eigenvalue weighted by molar-refractivity contribution is 8.71. The molecule has 0 aliphatic heterocycles. The van der Waals surface area contributed by atoms with E-state index in [0.717, 1.165) is 15.8 Å². The fourth-order valence-corrected chi connectivity index (χ4v) is 6.32. The van der Waals surface area contributed by atoms with Gasteiger partial charge in [0.25, 0.3) is 5.69 Å². The van der Waals surface area contributed by atoms with E-state index in [9.17, 15) is 15.0 Å². The first-order valence-electron chi connectivity index (χ1n) is 6.29. The average Bonchev–Trinajstić information content (AvgIpc) is 2.48. The predicted molar refractivity (Wildman–Crippen MR) is 90.9 cm³/mol. The number of hydrogen-bond donors (Lipinski definition) is 1. The zero-order valence-electron chi connectivity index (χ0n) is 11.3. The largest absolute Gasteiger partial charge is 0.354 e. The van der Waals surface area contributed by atoms with Crippen molar-refractivity contribution in [1.29, 1.82) is 0 Å². The van der Waals surface area contributed by atoms with Crippen molar-refractivity contribution in [2.45, 2.75) is 18.2 Å². The molecule has 0 aliphatic carbocycles. The third kappa shape index (κ3) is 3.92. The molecule has 0 fully saturated rings. The van der Waals surface area contributed by atoms with Crippen molar-refractivity contribution in [2.24, 2.45) is 0 Å². The summed E-state index contributed by atoms with van der Waals surface area (Å²) in [7, 11) is 0. The summed E-state index contributed by atoms with van der Waals surface area (Å²) < 4.78 is 0. The maximum absolute atomic E-state index is 10.8. The molecule has 0 heterocycles. The highest BCUT2D eigenvalue weighted by atomic mass is 32.9. The van der Waals surface area contributed by atoms with E-state index in [4.69, 9.17) is 11.8 Å². The van der Waals surface area contributed by atoms with Crippen molar-refractivity contribution in [3.8, 4) is 0 Å². The fourth-order valence-electron chi connectivity index (χ4n) is 1.85. The Bertz CT molecular complexity index is 707. The molecular formula is C14H14NO3PS2. The van der Waals surface area contributed by atoms with E-state index in [1.165, 1.54) is 17.4 Å². The van der Waals surface area contributed by atoms with E-state index in [-0.39, 0.29) is 5.69 Å². The van der Waals surface area contributed by atoms with Crippen molar-refractivity contribution in [3.05, 3.63) is 64.2 Å². The highest BCUT2D eigenvalue weighted by Crippen LogP contribution is 2.58. The van der Waals surface area contributed by atoms with Gasteiger partial charge in [-0.15, -0.1) is 0 Å². The summed E-state index contributed by atoms with van der Waals surface area (Å²) in [5, 5.41) is 11.6. The number of nitro benzene ring substituents is 1. The van der Waals surface area contributed by atoms with Crippen LogP contribution in [0.3, 0.4) is 0 Å². The summed E-state index contributed by atoms with van der Waals surface area (Å²) in [6.07, 6.45) is 0.647. The fraction of sp³-hybridized carbons (Fsp3) is 0.143. The molecule has 2 aromatic rings. The predicted octanol–water partition coefficient (Wildman–Crippen LogP) is 3.88. The quantitative estimate of drug-likeness (QED) is 0.509. The molecule has 0 amide bonds. The minimum atomic E-state index is -2.77. The SMILES string of the molecule is CCc1cc([N+](=O)[O-])ccc1SP(O)(=S)c1ccccc1. The van der Waals surface area contributed by atoms with E-state index >= 15 is 0 Å². The van der Waals surface area contributed by atoms with Crippen LogP contribution in [0.5, 0.6) is 0 Å². The number of nitrogens with zero attached hydrogens (tertiary/aromatic N) is 1. The van der Waals surface area contributed by atoms with Gasteiger partial charge in [-0.1, -0.05) is 60.4 Å². The van der Waals surface area contributed by atoms with E-state index in [1.807, 2.05) is 37.3 Å². The monoisotopic (exact) mass is 339 g/mol. The van der Waals surface area contributed by atoms with Gasteiger partial charge in [0.2, 0.25) is 0 Å². The molecule has 4 nitrogen and oxygen atoms in total. The third-order valence-corrected chi connectivity index (χ3v) is 8.00. The molecule has 0 bridgehead atoms. The second-order valence-corrected chi connectivity index (χ2v) is 10.9. The van der Waals surface area contributed by atoms with E-state index < -0.39 is 10.4 Å². The van der Waals surface area contributed by atoms with Crippen molar-refractivity contribution in [3.63, 3.8) is 0 Å². The average molecular weight is 339 g/mol. The lowest BCUT2D eigenvalue weighted by Gasteiger charge is -2.16. The topological polar surface area (TPSA) is 63.4 Å². The van der Waals surface area contributed by atoms with Gasteiger partial charge in [-0.05, 0) is 18.1 Å². The summed E-state index contributed by atoms with van der Waals surface area (Å²) >= 11 is 6.61. The van der Waals surface area contributed by atoms with Crippen LogP contribution in [-0.2, 0) is 18.2 Å². The third-order valence-electron chi connectivity index (χ3n) is 2.94. The van der Waals surface area contributed by atoms with Gasteiger partial charge >= 0.3 is 0 Å². The molecule has 0 aromatic heterocycles. The molecule has 21 heavy (non-hydrogen) atoms. The van der Waals surface area contributed by atoms with Gasteiger partial charge in [0.05, 0.1) is 4.92 Å². The van der Waals surface area contributed by atoms with Gasteiger partial charge in [-0.25, -0.2) is 0 Å². The van der Waals surface area contributed by atoms with Gasteiger partial charge in [0, 0.05) is 22.3 Å². The smallest absolute Gasteiger partial charge is 0.269 e. The van der Waals surface area contributed by atoms with Crippen LogP contribution in [0.25, 0.3) is 0 Å². The Morgan fingerprint density at radius 2 is 1.95 bits per heavy atom. The second kappa shape index (κ2) is 6.71. The van der Waals surface area contributed by atoms with Gasteiger partial charge in [0.1, 0.15) is 0 Å². The van der Waals surface area contributed by atoms with Crippen molar-refractivity contribution >= 4 is 39.6 Å². The second-order valence-electron chi connectivity index (χ2n) is 4.35. The van der Waals surface area contributed by atoms with E-state index in [0.29, 0.717) is 6.42 Å². The Kier molecular flexibility index (Phi) is 5.17. The van der Waals surface area contributed by atoms with Crippen LogP contribution in [0, 0.1) is 10.1 Å².